The molecule has 0 unspecified atom stereocenters. The molecule has 1 heterocycles. The quantitative estimate of drug-likeness (QED) is 0.268. The smallest absolute Gasteiger partial charge is 0.332 e. The van der Waals surface area contributed by atoms with Gasteiger partial charge in [-0.15, -0.1) is 0 Å². The van der Waals surface area contributed by atoms with E-state index in [1.54, 1.807) is 54.6 Å². The summed E-state index contributed by atoms with van der Waals surface area (Å²) in [5, 5.41) is 5.60. The van der Waals surface area contributed by atoms with Crippen molar-refractivity contribution in [1.29, 1.82) is 0 Å². The van der Waals surface area contributed by atoms with Gasteiger partial charge in [0, 0.05) is 11.8 Å². The predicted molar refractivity (Wildman–Crippen MR) is 155 cm³/mol. The first-order chi connectivity index (χ1) is 18.7. The summed E-state index contributed by atoms with van der Waals surface area (Å²) in [6.07, 6.45) is 0. The number of aromatic nitrogens is 2. The Bertz CT molecular complexity index is 1660. The molecule has 0 fully saturated rings. The molecular formula is C27H25IN4O7. The van der Waals surface area contributed by atoms with Gasteiger partial charge >= 0.3 is 5.69 Å². The minimum absolute atomic E-state index is 0.193. The number of anilines is 2. The number of fused-ring (bicyclic) bond motifs is 1. The van der Waals surface area contributed by atoms with Crippen molar-refractivity contribution in [2.45, 2.75) is 13.1 Å². The molecule has 2 amide bonds. The number of hydrogen-bond donors (Lipinski definition) is 2. The van der Waals surface area contributed by atoms with Crippen LogP contribution in [0.15, 0.2) is 70.3 Å². The number of halogens is 1. The maximum Gasteiger partial charge on any atom is 0.332 e. The number of nitrogens with one attached hydrogen (secondary N) is 2. The van der Waals surface area contributed by atoms with Gasteiger partial charge in [0.25, 0.3) is 5.56 Å². The lowest BCUT2D eigenvalue weighted by molar-refractivity contribution is -0.117. The monoisotopic (exact) mass is 644 g/mol. The second-order valence-electron chi connectivity index (χ2n) is 8.29. The number of carbonyl (C=O) groups excluding carboxylic acids is 2. The number of rotatable bonds is 9. The number of amides is 2. The van der Waals surface area contributed by atoms with Gasteiger partial charge in [0.05, 0.1) is 41.5 Å². The second kappa shape index (κ2) is 12.0. The van der Waals surface area contributed by atoms with E-state index in [0.29, 0.717) is 28.6 Å². The summed E-state index contributed by atoms with van der Waals surface area (Å²) < 4.78 is 18.5. The van der Waals surface area contributed by atoms with Gasteiger partial charge < -0.3 is 24.8 Å². The SMILES string of the molecule is COc1ccc(NC(=O)Cn2c(=O)c3ccccc3n(CC(=O)Nc3cc(I)c(OC)cc3OC)c2=O)cc1. The van der Waals surface area contributed by atoms with Crippen LogP contribution in [0.2, 0.25) is 0 Å². The van der Waals surface area contributed by atoms with Crippen LogP contribution in [0.1, 0.15) is 0 Å². The zero-order chi connectivity index (χ0) is 28.1. The van der Waals surface area contributed by atoms with Crippen LogP contribution in [0.3, 0.4) is 0 Å². The third-order valence-electron chi connectivity index (χ3n) is 5.86. The molecule has 1 aromatic heterocycles. The molecule has 12 heteroatoms. The molecule has 0 radical (unpaired) electrons. The molecule has 3 aromatic carbocycles. The second-order valence-corrected chi connectivity index (χ2v) is 9.45. The van der Waals surface area contributed by atoms with Crippen LogP contribution in [0, 0.1) is 3.57 Å². The van der Waals surface area contributed by atoms with E-state index in [1.165, 1.54) is 27.4 Å². The Kier molecular flexibility index (Phi) is 8.54. The standard InChI is InChI=1S/C27H25IN4O7/c1-37-17-10-8-16(9-11-17)29-24(33)15-32-26(35)18-6-4-5-7-21(18)31(27(32)36)14-25(34)30-20-12-19(28)22(38-2)13-23(20)39-3/h4-13H,14-15H2,1-3H3,(H,29,33)(H,30,34). The lowest BCUT2D eigenvalue weighted by Crippen LogP contribution is -2.44. The summed E-state index contributed by atoms with van der Waals surface area (Å²) >= 11 is 2.07. The highest BCUT2D eigenvalue weighted by atomic mass is 127. The first-order valence-electron chi connectivity index (χ1n) is 11.6. The molecule has 0 spiro atoms. The average Bonchev–Trinajstić information content (AvgIpc) is 2.94. The molecule has 0 atom stereocenters. The Morgan fingerprint density at radius 3 is 2.10 bits per heavy atom. The van der Waals surface area contributed by atoms with E-state index in [-0.39, 0.29) is 10.9 Å². The van der Waals surface area contributed by atoms with Crippen LogP contribution in [-0.4, -0.2) is 42.3 Å². The average molecular weight is 644 g/mol. The Morgan fingerprint density at radius 2 is 1.44 bits per heavy atom. The number of para-hydroxylation sites is 1. The van der Waals surface area contributed by atoms with Gasteiger partial charge in [-0.25, -0.2) is 4.79 Å². The third kappa shape index (κ3) is 6.06. The van der Waals surface area contributed by atoms with Crippen LogP contribution in [0.25, 0.3) is 10.9 Å². The van der Waals surface area contributed by atoms with E-state index < -0.39 is 36.2 Å². The van der Waals surface area contributed by atoms with E-state index >= 15 is 0 Å². The van der Waals surface area contributed by atoms with Gasteiger partial charge in [-0.3, -0.25) is 23.5 Å². The van der Waals surface area contributed by atoms with Gasteiger partial charge in [-0.1, -0.05) is 12.1 Å². The largest absolute Gasteiger partial charge is 0.497 e. The van der Waals surface area contributed by atoms with E-state index in [4.69, 9.17) is 14.2 Å². The van der Waals surface area contributed by atoms with Crippen molar-refractivity contribution in [3.63, 3.8) is 0 Å². The first kappa shape index (κ1) is 27.7. The summed E-state index contributed by atoms with van der Waals surface area (Å²) in [7, 11) is 4.51. The molecule has 0 saturated carbocycles. The van der Waals surface area contributed by atoms with Crippen molar-refractivity contribution < 1.29 is 23.8 Å². The van der Waals surface area contributed by atoms with Gasteiger partial charge in [0.15, 0.2) is 0 Å². The first-order valence-corrected chi connectivity index (χ1v) is 12.7. The number of benzene rings is 3. The Hall–Kier alpha value is -4.33. The summed E-state index contributed by atoms with van der Waals surface area (Å²) in [6, 6.07) is 16.3. The predicted octanol–water partition coefficient (Wildman–Crippen LogP) is 3.07. The molecule has 202 valence electrons. The van der Waals surface area contributed by atoms with Crippen molar-refractivity contribution in [3.05, 3.63) is 85.1 Å². The van der Waals surface area contributed by atoms with E-state index in [0.717, 1.165) is 12.7 Å². The summed E-state index contributed by atoms with van der Waals surface area (Å²) in [5.74, 6) is 0.449. The van der Waals surface area contributed by atoms with Crippen molar-refractivity contribution in [2.75, 3.05) is 32.0 Å². The zero-order valence-corrected chi connectivity index (χ0v) is 23.5. The van der Waals surface area contributed by atoms with Crippen LogP contribution in [0.5, 0.6) is 17.2 Å². The van der Waals surface area contributed by atoms with Crippen LogP contribution >= 0.6 is 22.6 Å². The molecule has 11 nitrogen and oxygen atoms in total. The summed E-state index contributed by atoms with van der Waals surface area (Å²) in [5.41, 5.74) is -0.307. The van der Waals surface area contributed by atoms with Crippen molar-refractivity contribution in [1.82, 2.24) is 9.13 Å². The fourth-order valence-corrected chi connectivity index (χ4v) is 4.66. The van der Waals surface area contributed by atoms with Gasteiger partial charge in [-0.05, 0) is 65.1 Å². The molecule has 4 aromatic rings. The minimum atomic E-state index is -0.796. The van der Waals surface area contributed by atoms with Crippen molar-refractivity contribution in [3.8, 4) is 17.2 Å². The Morgan fingerprint density at radius 1 is 0.795 bits per heavy atom. The highest BCUT2D eigenvalue weighted by Crippen LogP contribution is 2.33. The Balaban J connectivity index is 1.65. The fourth-order valence-electron chi connectivity index (χ4n) is 3.97. The van der Waals surface area contributed by atoms with Crippen LogP contribution in [-0.2, 0) is 22.7 Å². The number of nitrogens with zero attached hydrogens (tertiary/aromatic N) is 2. The molecule has 0 saturated heterocycles. The molecule has 0 aliphatic carbocycles. The number of methoxy groups -OCH3 is 3. The zero-order valence-electron chi connectivity index (χ0n) is 21.3. The highest BCUT2D eigenvalue weighted by Gasteiger charge is 2.19. The Labute approximate surface area is 236 Å². The maximum absolute atomic E-state index is 13.4. The molecular weight excluding hydrogens is 619 g/mol. The minimum Gasteiger partial charge on any atom is -0.497 e. The summed E-state index contributed by atoms with van der Waals surface area (Å²) in [6.45, 7) is -0.952. The topological polar surface area (TPSA) is 130 Å². The van der Waals surface area contributed by atoms with Crippen molar-refractivity contribution in [2.24, 2.45) is 0 Å². The van der Waals surface area contributed by atoms with Gasteiger partial charge in [-0.2, -0.15) is 0 Å². The number of ether oxygens (including phenoxy) is 3. The summed E-state index contributed by atoms with van der Waals surface area (Å²) in [4.78, 5) is 52.4. The van der Waals surface area contributed by atoms with Crippen molar-refractivity contribution >= 4 is 56.7 Å². The van der Waals surface area contributed by atoms with Crippen LogP contribution < -0.4 is 36.1 Å². The highest BCUT2D eigenvalue weighted by molar-refractivity contribution is 14.1. The lowest BCUT2D eigenvalue weighted by Gasteiger charge is -2.16. The molecule has 2 N–H and O–H groups in total. The molecule has 0 aliphatic heterocycles. The molecule has 4 rings (SSSR count). The number of carbonyl (C=O) groups is 2. The normalized spacial score (nSPS) is 10.7. The van der Waals surface area contributed by atoms with E-state index in [2.05, 4.69) is 33.2 Å². The molecule has 0 bridgehead atoms. The van der Waals surface area contributed by atoms with E-state index in [9.17, 15) is 19.2 Å². The lowest BCUT2D eigenvalue weighted by atomic mass is 10.2. The maximum atomic E-state index is 13.4. The fraction of sp³-hybridized carbons (Fsp3) is 0.185. The van der Waals surface area contributed by atoms with E-state index in [1.807, 2.05) is 0 Å². The van der Waals surface area contributed by atoms with Gasteiger partial charge in [0.1, 0.15) is 30.3 Å². The van der Waals surface area contributed by atoms with Gasteiger partial charge in [0.2, 0.25) is 11.8 Å². The third-order valence-corrected chi connectivity index (χ3v) is 6.70. The van der Waals surface area contributed by atoms with Crippen LogP contribution in [0.4, 0.5) is 11.4 Å². The molecule has 39 heavy (non-hydrogen) atoms. The molecule has 0 aliphatic rings. The number of hydrogen-bond acceptors (Lipinski definition) is 7.